The molecule has 0 spiro atoms. The molecule has 0 amide bonds. The van der Waals surface area contributed by atoms with Crippen LogP contribution in [0.3, 0.4) is 0 Å². The van der Waals surface area contributed by atoms with Gasteiger partial charge in [0.25, 0.3) is 0 Å². The van der Waals surface area contributed by atoms with Gasteiger partial charge in [0.2, 0.25) is 0 Å². The predicted octanol–water partition coefficient (Wildman–Crippen LogP) is 2.88. The number of Topliss-reactive ketones (excluding diaryl/α,β-unsaturated/α-hetero) is 1. The van der Waals surface area contributed by atoms with Crippen LogP contribution < -0.4 is 0 Å². The Hall–Kier alpha value is -0.900. The topological polar surface area (TPSA) is 52.6 Å². The molecule has 1 saturated carbocycles. The van der Waals surface area contributed by atoms with E-state index in [2.05, 4.69) is 4.74 Å². The summed E-state index contributed by atoms with van der Waals surface area (Å²) in [5.41, 5.74) is 0. The Morgan fingerprint density at radius 2 is 1.78 bits per heavy atom. The normalized spacial score (nSPS) is 14.8. The molecule has 1 aliphatic carbocycles. The Morgan fingerprint density at radius 3 is 2.33 bits per heavy atom. The largest absolute Gasteiger partial charge is 0.469 e. The van der Waals surface area contributed by atoms with Crippen molar-refractivity contribution in [1.82, 2.24) is 0 Å². The quantitative estimate of drug-likeness (QED) is 0.400. The lowest BCUT2D eigenvalue weighted by Crippen LogP contribution is -2.12. The highest BCUT2D eigenvalue weighted by molar-refractivity contribution is 5.95. The second kappa shape index (κ2) is 11.2. The molecule has 0 aromatic rings. The van der Waals surface area contributed by atoms with Crippen molar-refractivity contribution >= 4 is 11.8 Å². The molecular formula is C14H26O4. The van der Waals surface area contributed by atoms with E-state index in [9.17, 15) is 9.59 Å². The van der Waals surface area contributed by atoms with Crippen molar-refractivity contribution in [2.45, 2.75) is 64.9 Å². The summed E-state index contributed by atoms with van der Waals surface area (Å²) in [6.45, 7) is 4.62. The fraction of sp³-hybridized carbons (Fsp3) is 0.857. The molecule has 4 heteroatoms. The van der Waals surface area contributed by atoms with Gasteiger partial charge in [0.15, 0.2) is 0 Å². The maximum absolute atomic E-state index is 11.3. The standard InChI is InChI=1S/C12H20O4.C2H6/c1-15-12(14)9-10(13)5-4-8-16-11-6-2-3-7-11;1-2/h11H,2-9H2,1H3;1-2H3. The third kappa shape index (κ3) is 8.23. The van der Waals surface area contributed by atoms with Gasteiger partial charge in [-0.1, -0.05) is 26.7 Å². The number of carbonyl (C=O) groups is 2. The Labute approximate surface area is 110 Å². The van der Waals surface area contributed by atoms with Gasteiger partial charge in [0, 0.05) is 13.0 Å². The first-order chi connectivity index (χ1) is 8.72. The van der Waals surface area contributed by atoms with Gasteiger partial charge >= 0.3 is 5.97 Å². The maximum atomic E-state index is 11.3. The number of methoxy groups -OCH3 is 1. The van der Waals surface area contributed by atoms with Crippen LogP contribution in [0.1, 0.15) is 58.8 Å². The van der Waals surface area contributed by atoms with Crippen molar-refractivity contribution in [3.8, 4) is 0 Å². The van der Waals surface area contributed by atoms with Gasteiger partial charge in [-0.05, 0) is 19.3 Å². The Balaban J connectivity index is 0.00000137. The van der Waals surface area contributed by atoms with Crippen LogP contribution in [0.25, 0.3) is 0 Å². The van der Waals surface area contributed by atoms with Crippen LogP contribution in [0.15, 0.2) is 0 Å². The summed E-state index contributed by atoms with van der Waals surface area (Å²) in [7, 11) is 1.29. The van der Waals surface area contributed by atoms with Crippen molar-refractivity contribution in [3.63, 3.8) is 0 Å². The molecule has 106 valence electrons. The van der Waals surface area contributed by atoms with Gasteiger partial charge < -0.3 is 9.47 Å². The summed E-state index contributed by atoms with van der Waals surface area (Å²) >= 11 is 0. The Kier molecular flexibility index (Phi) is 10.6. The van der Waals surface area contributed by atoms with E-state index in [-0.39, 0.29) is 12.2 Å². The van der Waals surface area contributed by atoms with Crippen LogP contribution in [0.4, 0.5) is 0 Å². The predicted molar refractivity (Wildman–Crippen MR) is 70.4 cm³/mol. The molecule has 4 nitrogen and oxygen atoms in total. The first-order valence-corrected chi connectivity index (χ1v) is 6.92. The average Bonchev–Trinajstić information content (AvgIpc) is 2.90. The van der Waals surface area contributed by atoms with Crippen molar-refractivity contribution in [2.75, 3.05) is 13.7 Å². The van der Waals surface area contributed by atoms with E-state index in [0.29, 0.717) is 25.6 Å². The second-order valence-electron chi connectivity index (χ2n) is 4.17. The molecule has 1 aliphatic rings. The van der Waals surface area contributed by atoms with Gasteiger partial charge in [-0.3, -0.25) is 9.59 Å². The van der Waals surface area contributed by atoms with Gasteiger partial charge in [0.1, 0.15) is 12.2 Å². The molecule has 0 bridgehead atoms. The minimum Gasteiger partial charge on any atom is -0.469 e. The lowest BCUT2D eigenvalue weighted by molar-refractivity contribution is -0.143. The number of esters is 1. The van der Waals surface area contributed by atoms with Gasteiger partial charge in [-0.15, -0.1) is 0 Å². The number of hydrogen-bond acceptors (Lipinski definition) is 4. The summed E-state index contributed by atoms with van der Waals surface area (Å²) in [4.78, 5) is 22.0. The monoisotopic (exact) mass is 258 g/mol. The molecule has 0 aromatic heterocycles. The summed E-state index contributed by atoms with van der Waals surface area (Å²) in [6.07, 6.45) is 6.20. The average molecular weight is 258 g/mol. The SMILES string of the molecule is CC.COC(=O)CC(=O)CCCOC1CCCC1. The summed E-state index contributed by atoms with van der Waals surface area (Å²) in [6, 6.07) is 0. The van der Waals surface area contributed by atoms with Crippen LogP contribution in [-0.4, -0.2) is 31.6 Å². The summed E-state index contributed by atoms with van der Waals surface area (Å²) < 4.78 is 10.0. The first kappa shape index (κ1) is 17.1. The van der Waals surface area contributed by atoms with E-state index >= 15 is 0 Å². The number of hydrogen-bond donors (Lipinski definition) is 0. The zero-order valence-electron chi connectivity index (χ0n) is 11.9. The highest BCUT2D eigenvalue weighted by Gasteiger charge is 2.15. The van der Waals surface area contributed by atoms with Crippen LogP contribution in [-0.2, 0) is 19.1 Å². The van der Waals surface area contributed by atoms with E-state index < -0.39 is 5.97 Å². The highest BCUT2D eigenvalue weighted by Crippen LogP contribution is 2.20. The molecule has 0 heterocycles. The molecular weight excluding hydrogens is 232 g/mol. The molecule has 0 aliphatic heterocycles. The van der Waals surface area contributed by atoms with Crippen LogP contribution >= 0.6 is 0 Å². The number of carbonyl (C=O) groups excluding carboxylic acids is 2. The minimum absolute atomic E-state index is 0.0677. The zero-order chi connectivity index (χ0) is 13.8. The first-order valence-electron chi connectivity index (χ1n) is 6.92. The van der Waals surface area contributed by atoms with E-state index in [1.807, 2.05) is 13.8 Å². The molecule has 0 radical (unpaired) electrons. The molecule has 0 atom stereocenters. The Bertz CT molecular complexity index is 232. The summed E-state index contributed by atoms with van der Waals surface area (Å²) in [5, 5.41) is 0. The molecule has 0 aromatic carbocycles. The van der Waals surface area contributed by atoms with E-state index in [4.69, 9.17) is 4.74 Å². The van der Waals surface area contributed by atoms with E-state index in [1.165, 1.54) is 20.0 Å². The van der Waals surface area contributed by atoms with Gasteiger partial charge in [0.05, 0.1) is 13.2 Å². The van der Waals surface area contributed by atoms with Crippen molar-refractivity contribution in [1.29, 1.82) is 0 Å². The molecule has 1 rings (SSSR count). The van der Waals surface area contributed by atoms with Gasteiger partial charge in [-0.25, -0.2) is 0 Å². The smallest absolute Gasteiger partial charge is 0.313 e. The van der Waals surface area contributed by atoms with Crippen molar-refractivity contribution in [3.05, 3.63) is 0 Å². The van der Waals surface area contributed by atoms with Crippen molar-refractivity contribution in [2.24, 2.45) is 0 Å². The fourth-order valence-corrected chi connectivity index (χ4v) is 1.90. The molecule has 0 saturated heterocycles. The Morgan fingerprint density at radius 1 is 1.17 bits per heavy atom. The third-order valence-corrected chi connectivity index (χ3v) is 2.82. The lowest BCUT2D eigenvalue weighted by atomic mass is 10.2. The van der Waals surface area contributed by atoms with Crippen LogP contribution in [0.2, 0.25) is 0 Å². The van der Waals surface area contributed by atoms with Crippen molar-refractivity contribution < 1.29 is 19.1 Å². The number of ketones is 1. The third-order valence-electron chi connectivity index (χ3n) is 2.82. The zero-order valence-corrected chi connectivity index (χ0v) is 11.9. The maximum Gasteiger partial charge on any atom is 0.313 e. The van der Waals surface area contributed by atoms with Gasteiger partial charge in [-0.2, -0.15) is 0 Å². The molecule has 0 unspecified atom stereocenters. The van der Waals surface area contributed by atoms with Crippen LogP contribution in [0, 0.1) is 0 Å². The van der Waals surface area contributed by atoms with E-state index in [1.54, 1.807) is 0 Å². The lowest BCUT2D eigenvalue weighted by Gasteiger charge is -2.10. The number of rotatable bonds is 7. The highest BCUT2D eigenvalue weighted by atomic mass is 16.5. The van der Waals surface area contributed by atoms with E-state index in [0.717, 1.165) is 12.8 Å². The summed E-state index contributed by atoms with van der Waals surface area (Å²) in [5.74, 6) is -0.524. The number of ether oxygens (including phenoxy) is 2. The molecule has 1 fully saturated rings. The molecule has 18 heavy (non-hydrogen) atoms. The fourth-order valence-electron chi connectivity index (χ4n) is 1.90. The van der Waals surface area contributed by atoms with Crippen LogP contribution in [0.5, 0.6) is 0 Å². The minimum atomic E-state index is -0.457. The molecule has 0 N–H and O–H groups in total. The second-order valence-corrected chi connectivity index (χ2v) is 4.17.